The van der Waals surface area contributed by atoms with Gasteiger partial charge < -0.3 is 0 Å². The van der Waals surface area contributed by atoms with Crippen molar-refractivity contribution in [1.82, 2.24) is 0 Å². The average Bonchev–Trinajstić information content (AvgIpc) is 2.25. The van der Waals surface area contributed by atoms with E-state index in [2.05, 4.69) is 0 Å². The predicted molar refractivity (Wildman–Crippen MR) is 67.1 cm³/mol. The van der Waals surface area contributed by atoms with Gasteiger partial charge >= 0.3 is 0 Å². The zero-order valence-corrected chi connectivity index (χ0v) is 11.2. The van der Waals surface area contributed by atoms with Crippen LogP contribution in [-0.2, 0) is 9.84 Å². The first-order chi connectivity index (χ1) is 7.80. The lowest BCUT2D eigenvalue weighted by atomic mass is 9.90. The van der Waals surface area contributed by atoms with Crippen LogP contribution in [0.15, 0.2) is 35.2 Å². The Hall–Kier alpha value is -1.34. The summed E-state index contributed by atoms with van der Waals surface area (Å²) in [6.45, 7) is 5.53. The first-order valence-corrected chi connectivity index (χ1v) is 7.00. The van der Waals surface area contributed by atoms with Gasteiger partial charge in [0.1, 0.15) is 0 Å². The highest BCUT2D eigenvalue weighted by Gasteiger charge is 2.36. The SMILES string of the molecule is CC(C)(C)C(CC#N)S(=O)(=O)c1ccccc1. The summed E-state index contributed by atoms with van der Waals surface area (Å²) in [6.07, 6.45) is 0.0146. The van der Waals surface area contributed by atoms with E-state index in [0.717, 1.165) is 0 Å². The number of nitriles is 1. The van der Waals surface area contributed by atoms with E-state index in [0.29, 0.717) is 0 Å². The van der Waals surface area contributed by atoms with Gasteiger partial charge in [0.05, 0.1) is 22.6 Å². The molecule has 0 heterocycles. The maximum atomic E-state index is 12.4. The largest absolute Gasteiger partial charge is 0.223 e. The Balaban J connectivity index is 3.25. The number of nitrogens with zero attached hydrogens (tertiary/aromatic N) is 1. The van der Waals surface area contributed by atoms with E-state index in [9.17, 15) is 8.42 Å². The molecule has 4 heteroatoms. The topological polar surface area (TPSA) is 57.9 Å². The highest BCUT2D eigenvalue weighted by atomic mass is 32.2. The highest BCUT2D eigenvalue weighted by molar-refractivity contribution is 7.92. The lowest BCUT2D eigenvalue weighted by molar-refractivity contribution is 0.379. The Kier molecular flexibility index (Phi) is 3.94. The third kappa shape index (κ3) is 3.07. The fourth-order valence-corrected chi connectivity index (χ4v) is 3.83. The molecule has 1 atom stereocenters. The van der Waals surface area contributed by atoms with Gasteiger partial charge in [-0.25, -0.2) is 8.42 Å². The number of rotatable bonds is 3. The van der Waals surface area contributed by atoms with Crippen molar-refractivity contribution in [2.45, 2.75) is 37.3 Å². The van der Waals surface area contributed by atoms with Crippen molar-refractivity contribution in [3.63, 3.8) is 0 Å². The standard InChI is InChI=1S/C13H17NO2S/c1-13(2,3)12(9-10-14)17(15,16)11-7-5-4-6-8-11/h4-8,12H,9H2,1-3H3. The molecule has 1 rings (SSSR count). The molecule has 0 aromatic heterocycles. The van der Waals surface area contributed by atoms with E-state index in [1.165, 1.54) is 0 Å². The van der Waals surface area contributed by atoms with Gasteiger partial charge in [0.15, 0.2) is 9.84 Å². The molecule has 0 N–H and O–H groups in total. The van der Waals surface area contributed by atoms with Gasteiger partial charge in [-0.2, -0.15) is 5.26 Å². The molecule has 0 aliphatic carbocycles. The molecule has 0 amide bonds. The van der Waals surface area contributed by atoms with Crippen molar-refractivity contribution < 1.29 is 8.42 Å². The molecule has 1 aromatic rings. The quantitative estimate of drug-likeness (QED) is 0.830. The van der Waals surface area contributed by atoms with E-state index in [1.807, 2.05) is 26.8 Å². The van der Waals surface area contributed by atoms with Crippen molar-refractivity contribution in [2.24, 2.45) is 5.41 Å². The van der Waals surface area contributed by atoms with Crippen molar-refractivity contribution in [2.75, 3.05) is 0 Å². The van der Waals surface area contributed by atoms with E-state index in [1.54, 1.807) is 30.3 Å². The van der Waals surface area contributed by atoms with Crippen LogP contribution in [0.25, 0.3) is 0 Å². The van der Waals surface area contributed by atoms with Crippen molar-refractivity contribution in [1.29, 1.82) is 5.26 Å². The molecular weight excluding hydrogens is 234 g/mol. The summed E-state index contributed by atoms with van der Waals surface area (Å²) in [4.78, 5) is 0.287. The van der Waals surface area contributed by atoms with Gasteiger partial charge in [0.25, 0.3) is 0 Å². The van der Waals surface area contributed by atoms with Crippen LogP contribution in [0.1, 0.15) is 27.2 Å². The lowest BCUT2D eigenvalue weighted by Gasteiger charge is -2.28. The summed E-state index contributed by atoms with van der Waals surface area (Å²) >= 11 is 0. The summed E-state index contributed by atoms with van der Waals surface area (Å²) < 4.78 is 24.8. The van der Waals surface area contributed by atoms with Crippen LogP contribution in [0.2, 0.25) is 0 Å². The van der Waals surface area contributed by atoms with E-state index >= 15 is 0 Å². The minimum Gasteiger partial charge on any atom is -0.223 e. The molecule has 0 saturated carbocycles. The summed E-state index contributed by atoms with van der Waals surface area (Å²) in [5, 5.41) is 8.12. The molecule has 1 unspecified atom stereocenters. The average molecular weight is 251 g/mol. The van der Waals surface area contributed by atoms with Gasteiger partial charge in [-0.1, -0.05) is 39.0 Å². The summed E-state index contributed by atoms with van der Waals surface area (Å²) in [5.74, 6) is 0. The highest BCUT2D eigenvalue weighted by Crippen LogP contribution is 2.32. The summed E-state index contributed by atoms with van der Waals surface area (Å²) in [6, 6.07) is 10.3. The predicted octanol–water partition coefficient (Wildman–Crippen LogP) is 2.79. The van der Waals surface area contributed by atoms with Gasteiger partial charge in [-0.3, -0.25) is 0 Å². The first-order valence-electron chi connectivity index (χ1n) is 5.46. The maximum Gasteiger partial charge on any atom is 0.182 e. The number of sulfone groups is 1. The Morgan fingerprint density at radius 3 is 2.18 bits per heavy atom. The van der Waals surface area contributed by atoms with Crippen LogP contribution < -0.4 is 0 Å². The Morgan fingerprint density at radius 2 is 1.76 bits per heavy atom. The van der Waals surface area contributed by atoms with Crippen molar-refractivity contribution in [3.8, 4) is 6.07 Å². The van der Waals surface area contributed by atoms with E-state index in [-0.39, 0.29) is 11.3 Å². The van der Waals surface area contributed by atoms with Crippen molar-refractivity contribution in [3.05, 3.63) is 30.3 Å². The fraction of sp³-hybridized carbons (Fsp3) is 0.462. The lowest BCUT2D eigenvalue weighted by Crippen LogP contribution is -2.34. The molecule has 0 aliphatic heterocycles. The maximum absolute atomic E-state index is 12.4. The second-order valence-electron chi connectivity index (χ2n) is 5.07. The van der Waals surface area contributed by atoms with Crippen LogP contribution in [0.5, 0.6) is 0 Å². The van der Waals surface area contributed by atoms with Gasteiger partial charge in [0, 0.05) is 0 Å². The van der Waals surface area contributed by atoms with Gasteiger partial charge in [0.2, 0.25) is 0 Å². The van der Waals surface area contributed by atoms with E-state index < -0.39 is 20.5 Å². The molecule has 92 valence electrons. The number of hydrogen-bond acceptors (Lipinski definition) is 3. The van der Waals surface area contributed by atoms with E-state index in [4.69, 9.17) is 5.26 Å². The van der Waals surface area contributed by atoms with Crippen molar-refractivity contribution >= 4 is 9.84 Å². The Labute approximate surface area is 103 Å². The smallest absolute Gasteiger partial charge is 0.182 e. The van der Waals surface area contributed by atoms with Gasteiger partial charge in [-0.15, -0.1) is 0 Å². The van der Waals surface area contributed by atoms with Crippen LogP contribution in [0.3, 0.4) is 0 Å². The number of benzene rings is 1. The summed E-state index contributed by atoms with van der Waals surface area (Å²) in [7, 11) is -3.44. The first kappa shape index (κ1) is 13.7. The van der Waals surface area contributed by atoms with Crippen LogP contribution in [0, 0.1) is 16.7 Å². The summed E-state index contributed by atoms with van der Waals surface area (Å²) in [5.41, 5.74) is -0.454. The molecular formula is C13H17NO2S. The minimum absolute atomic E-state index is 0.0146. The number of hydrogen-bond donors (Lipinski definition) is 0. The second-order valence-corrected chi connectivity index (χ2v) is 7.21. The van der Waals surface area contributed by atoms with Crippen LogP contribution in [-0.4, -0.2) is 13.7 Å². The normalized spacial score (nSPS) is 14.0. The Bertz CT molecular complexity index is 507. The minimum atomic E-state index is -3.44. The third-order valence-electron chi connectivity index (χ3n) is 2.69. The zero-order valence-electron chi connectivity index (χ0n) is 10.3. The Morgan fingerprint density at radius 1 is 1.24 bits per heavy atom. The second kappa shape index (κ2) is 4.89. The molecule has 0 aliphatic rings. The molecule has 0 saturated heterocycles. The molecule has 0 fully saturated rings. The molecule has 17 heavy (non-hydrogen) atoms. The molecule has 0 bridgehead atoms. The van der Waals surface area contributed by atoms with Crippen LogP contribution >= 0.6 is 0 Å². The molecule has 0 radical (unpaired) electrons. The monoisotopic (exact) mass is 251 g/mol. The molecule has 0 spiro atoms. The third-order valence-corrected chi connectivity index (χ3v) is 5.24. The molecule has 1 aromatic carbocycles. The fourth-order valence-electron chi connectivity index (χ4n) is 1.74. The van der Waals surface area contributed by atoms with Crippen LogP contribution in [0.4, 0.5) is 0 Å². The van der Waals surface area contributed by atoms with Gasteiger partial charge in [-0.05, 0) is 17.5 Å². The zero-order chi connectivity index (χ0) is 13.1. The molecule has 3 nitrogen and oxygen atoms in total.